The molecule has 0 aliphatic carbocycles. The third kappa shape index (κ3) is 3.59. The minimum atomic E-state index is -0.739. The highest BCUT2D eigenvalue weighted by atomic mass is 32.1. The fraction of sp³-hybridized carbons (Fsp3) is 0.286. The number of anilines is 1. The maximum atomic E-state index is 11.8. The molecule has 116 valence electrons. The Morgan fingerprint density at radius 2 is 1.86 bits per heavy atom. The lowest BCUT2D eigenvalue weighted by Crippen LogP contribution is -2.19. The van der Waals surface area contributed by atoms with Crippen LogP contribution in [0.1, 0.15) is 13.8 Å². The van der Waals surface area contributed by atoms with Gasteiger partial charge in [0.25, 0.3) is 0 Å². The number of nitrogens with one attached hydrogen (secondary N) is 1. The Morgan fingerprint density at radius 1 is 1.18 bits per heavy atom. The minimum absolute atomic E-state index is 0.168. The largest absolute Gasteiger partial charge is 0.462 e. The van der Waals surface area contributed by atoms with Crippen LogP contribution in [0.2, 0.25) is 0 Å². The zero-order valence-electron chi connectivity index (χ0n) is 12.2. The van der Waals surface area contributed by atoms with E-state index in [9.17, 15) is 9.59 Å². The van der Waals surface area contributed by atoms with Gasteiger partial charge < -0.3 is 14.8 Å². The summed E-state index contributed by atoms with van der Waals surface area (Å²) in [7, 11) is 0. The first-order chi connectivity index (χ1) is 10.7. The Bertz CT molecular complexity index is 691. The fourth-order valence-electron chi connectivity index (χ4n) is 1.69. The highest BCUT2D eigenvalue weighted by molar-refractivity contribution is 7.00. The predicted octanol–water partition coefficient (Wildman–Crippen LogP) is 2.11. The number of ether oxygens (including phenoxy) is 2. The third-order valence-corrected chi connectivity index (χ3v) is 3.19. The normalized spacial score (nSPS) is 10.1. The van der Waals surface area contributed by atoms with Gasteiger partial charge in [-0.1, -0.05) is 6.07 Å². The van der Waals surface area contributed by atoms with Crippen molar-refractivity contribution in [2.24, 2.45) is 0 Å². The van der Waals surface area contributed by atoms with Gasteiger partial charge in [-0.2, -0.15) is 8.75 Å². The van der Waals surface area contributed by atoms with Crippen molar-refractivity contribution < 1.29 is 19.1 Å². The van der Waals surface area contributed by atoms with Crippen LogP contribution in [0.3, 0.4) is 0 Å². The first-order valence-corrected chi connectivity index (χ1v) is 7.42. The van der Waals surface area contributed by atoms with Crippen molar-refractivity contribution in [2.45, 2.75) is 13.8 Å². The number of aromatic nitrogens is 2. The first-order valence-electron chi connectivity index (χ1n) is 6.69. The number of rotatable bonds is 6. The molecule has 0 aliphatic heterocycles. The number of hydrogen-bond acceptors (Lipinski definition) is 8. The van der Waals surface area contributed by atoms with E-state index in [1.165, 1.54) is 6.20 Å². The second-order valence-electron chi connectivity index (χ2n) is 4.08. The van der Waals surface area contributed by atoms with E-state index in [1.54, 1.807) is 26.0 Å². The SMILES string of the molecule is CCOC(=O)C(=CNc1cccc2nsnc12)C(=O)OCC. The molecule has 0 saturated heterocycles. The maximum absolute atomic E-state index is 11.8. The summed E-state index contributed by atoms with van der Waals surface area (Å²) in [4.78, 5) is 23.7. The summed E-state index contributed by atoms with van der Waals surface area (Å²) in [6, 6.07) is 5.40. The lowest BCUT2D eigenvalue weighted by atomic mass is 10.2. The van der Waals surface area contributed by atoms with Crippen LogP contribution in [-0.4, -0.2) is 33.9 Å². The van der Waals surface area contributed by atoms with E-state index in [1.807, 2.05) is 6.07 Å². The second-order valence-corrected chi connectivity index (χ2v) is 4.61. The van der Waals surface area contributed by atoms with E-state index in [0.717, 1.165) is 17.2 Å². The second kappa shape index (κ2) is 7.51. The van der Waals surface area contributed by atoms with Crippen molar-refractivity contribution in [1.29, 1.82) is 0 Å². The molecule has 0 spiro atoms. The Morgan fingerprint density at radius 3 is 2.50 bits per heavy atom. The Labute approximate surface area is 131 Å². The lowest BCUT2D eigenvalue weighted by Gasteiger charge is -2.07. The molecule has 0 bridgehead atoms. The van der Waals surface area contributed by atoms with Crippen LogP contribution in [0, 0.1) is 0 Å². The lowest BCUT2D eigenvalue weighted by molar-refractivity contribution is -0.146. The molecule has 1 aromatic heterocycles. The van der Waals surface area contributed by atoms with Gasteiger partial charge in [0, 0.05) is 6.20 Å². The summed E-state index contributed by atoms with van der Waals surface area (Å²) in [5.41, 5.74) is 1.83. The Kier molecular flexibility index (Phi) is 5.42. The summed E-state index contributed by atoms with van der Waals surface area (Å²) in [6.45, 7) is 3.66. The zero-order chi connectivity index (χ0) is 15.9. The monoisotopic (exact) mass is 321 g/mol. The molecule has 0 aliphatic rings. The number of fused-ring (bicyclic) bond motifs is 1. The molecule has 0 amide bonds. The number of nitrogens with zero attached hydrogens (tertiary/aromatic N) is 2. The molecule has 1 aromatic carbocycles. The molecule has 0 radical (unpaired) electrons. The zero-order valence-corrected chi connectivity index (χ0v) is 13.0. The average molecular weight is 321 g/mol. The molecule has 0 saturated carbocycles. The average Bonchev–Trinajstić information content (AvgIpc) is 2.97. The van der Waals surface area contributed by atoms with Gasteiger partial charge in [-0.3, -0.25) is 0 Å². The van der Waals surface area contributed by atoms with Crippen LogP contribution in [0.4, 0.5) is 5.69 Å². The predicted molar refractivity (Wildman–Crippen MR) is 82.4 cm³/mol. The van der Waals surface area contributed by atoms with Crippen molar-refractivity contribution in [1.82, 2.24) is 8.75 Å². The minimum Gasteiger partial charge on any atom is -0.462 e. The maximum Gasteiger partial charge on any atom is 0.347 e. The molecule has 22 heavy (non-hydrogen) atoms. The fourth-order valence-corrected chi connectivity index (χ4v) is 2.24. The molecule has 0 fully saturated rings. The smallest absolute Gasteiger partial charge is 0.347 e. The molecule has 1 heterocycles. The van der Waals surface area contributed by atoms with Crippen LogP contribution in [0.5, 0.6) is 0 Å². The quantitative estimate of drug-likeness (QED) is 0.377. The van der Waals surface area contributed by atoms with E-state index in [2.05, 4.69) is 14.1 Å². The highest BCUT2D eigenvalue weighted by Crippen LogP contribution is 2.21. The van der Waals surface area contributed by atoms with Gasteiger partial charge in [-0.25, -0.2) is 9.59 Å². The van der Waals surface area contributed by atoms with E-state index in [4.69, 9.17) is 9.47 Å². The summed E-state index contributed by atoms with van der Waals surface area (Å²) in [5.74, 6) is -1.48. The summed E-state index contributed by atoms with van der Waals surface area (Å²) in [6.07, 6.45) is 1.27. The third-order valence-electron chi connectivity index (χ3n) is 2.65. The van der Waals surface area contributed by atoms with Gasteiger partial charge in [0.05, 0.1) is 30.6 Å². The number of carbonyl (C=O) groups is 2. The van der Waals surface area contributed by atoms with Gasteiger partial charge in [0.2, 0.25) is 0 Å². The van der Waals surface area contributed by atoms with Crippen LogP contribution in [0.15, 0.2) is 30.0 Å². The number of esters is 2. The molecular formula is C14H15N3O4S. The van der Waals surface area contributed by atoms with Gasteiger partial charge in [0.1, 0.15) is 11.0 Å². The van der Waals surface area contributed by atoms with Crippen LogP contribution >= 0.6 is 11.7 Å². The van der Waals surface area contributed by atoms with E-state index < -0.39 is 11.9 Å². The number of carbonyl (C=O) groups excluding carboxylic acids is 2. The number of hydrogen-bond donors (Lipinski definition) is 1. The summed E-state index contributed by atoms with van der Waals surface area (Å²) >= 11 is 1.09. The Hall–Kier alpha value is -2.48. The van der Waals surface area contributed by atoms with Crippen molar-refractivity contribution in [3.63, 3.8) is 0 Å². The highest BCUT2D eigenvalue weighted by Gasteiger charge is 2.21. The van der Waals surface area contributed by atoms with Gasteiger partial charge in [-0.15, -0.1) is 0 Å². The molecule has 0 atom stereocenters. The molecule has 2 rings (SSSR count). The molecule has 0 unspecified atom stereocenters. The topological polar surface area (TPSA) is 90.4 Å². The van der Waals surface area contributed by atoms with Crippen LogP contribution in [0.25, 0.3) is 11.0 Å². The number of benzene rings is 1. The molecule has 1 N–H and O–H groups in total. The molecule has 8 heteroatoms. The van der Waals surface area contributed by atoms with E-state index in [0.29, 0.717) is 11.2 Å². The Balaban J connectivity index is 2.27. The van der Waals surface area contributed by atoms with Crippen molar-refractivity contribution >= 4 is 40.4 Å². The summed E-state index contributed by atoms with van der Waals surface area (Å²) in [5, 5.41) is 2.89. The first kappa shape index (κ1) is 15.9. The molecular weight excluding hydrogens is 306 g/mol. The van der Waals surface area contributed by atoms with Crippen molar-refractivity contribution in [2.75, 3.05) is 18.5 Å². The molecule has 7 nitrogen and oxygen atoms in total. The van der Waals surface area contributed by atoms with Crippen LogP contribution in [-0.2, 0) is 19.1 Å². The summed E-state index contributed by atoms with van der Waals surface area (Å²) < 4.78 is 18.0. The van der Waals surface area contributed by atoms with Gasteiger partial charge >= 0.3 is 11.9 Å². The van der Waals surface area contributed by atoms with Gasteiger partial charge in [0.15, 0.2) is 5.57 Å². The van der Waals surface area contributed by atoms with Gasteiger partial charge in [-0.05, 0) is 26.0 Å². The van der Waals surface area contributed by atoms with Crippen molar-refractivity contribution in [3.05, 3.63) is 30.0 Å². The molecule has 2 aromatic rings. The van der Waals surface area contributed by atoms with Crippen molar-refractivity contribution in [3.8, 4) is 0 Å². The standard InChI is InChI=1S/C14H15N3O4S/c1-3-20-13(18)9(14(19)21-4-2)8-15-10-6-5-7-11-12(10)17-22-16-11/h5-8,15H,3-4H2,1-2H3. The van der Waals surface area contributed by atoms with E-state index in [-0.39, 0.29) is 18.8 Å². The van der Waals surface area contributed by atoms with Crippen LogP contribution < -0.4 is 5.32 Å². The van der Waals surface area contributed by atoms with E-state index >= 15 is 0 Å².